The van der Waals surface area contributed by atoms with Crippen LogP contribution >= 0.6 is 11.6 Å². The highest BCUT2D eigenvalue weighted by molar-refractivity contribution is 6.30. The predicted octanol–water partition coefficient (Wildman–Crippen LogP) is 1.84. The topological polar surface area (TPSA) is 39.2 Å². The van der Waals surface area contributed by atoms with E-state index in [1.165, 1.54) is 7.11 Å². The van der Waals surface area contributed by atoms with Gasteiger partial charge in [-0.1, -0.05) is 11.6 Å². The normalized spacial score (nSPS) is 9.69. The van der Waals surface area contributed by atoms with Gasteiger partial charge in [-0.3, -0.25) is 9.78 Å². The summed E-state index contributed by atoms with van der Waals surface area (Å²) >= 11 is 5.72. The molecule has 0 bridgehead atoms. The van der Waals surface area contributed by atoms with Gasteiger partial charge in [-0.15, -0.1) is 0 Å². The van der Waals surface area contributed by atoms with Crippen LogP contribution in [0, 0.1) is 0 Å². The number of halogens is 1. The summed E-state index contributed by atoms with van der Waals surface area (Å²) < 4.78 is 4.51. The van der Waals surface area contributed by atoms with Gasteiger partial charge in [0.2, 0.25) is 0 Å². The molecule has 0 saturated carbocycles. The quantitative estimate of drug-likeness (QED) is 0.698. The number of rotatable bonds is 3. The second kappa shape index (κ2) is 4.82. The Balaban J connectivity index is 2.50. The molecule has 0 aliphatic rings. The predicted molar refractivity (Wildman–Crippen MR) is 49.6 cm³/mol. The molecule has 0 unspecified atom stereocenters. The molecule has 0 spiro atoms. The van der Waals surface area contributed by atoms with Gasteiger partial charge in [0.05, 0.1) is 12.1 Å². The fraction of sp³-hybridized carbons (Fsp3) is 0.333. The number of ether oxygens (including phenoxy) is 1. The highest BCUT2D eigenvalue weighted by atomic mass is 35.5. The van der Waals surface area contributed by atoms with Crippen LogP contribution in [0.5, 0.6) is 0 Å². The first-order valence-corrected chi connectivity index (χ1v) is 4.26. The molecule has 0 amide bonds. The Morgan fingerprint density at radius 3 is 3.00 bits per heavy atom. The largest absolute Gasteiger partial charge is 0.469 e. The van der Waals surface area contributed by atoms with Gasteiger partial charge in [0.15, 0.2) is 0 Å². The molecule has 0 aliphatic heterocycles. The van der Waals surface area contributed by atoms with Crippen LogP contribution in [0.3, 0.4) is 0 Å². The minimum Gasteiger partial charge on any atom is -0.469 e. The molecule has 0 radical (unpaired) electrons. The molecular formula is C9H10ClNO2. The number of pyridine rings is 1. The number of carbonyl (C=O) groups excluding carboxylic acids is 1. The van der Waals surface area contributed by atoms with Gasteiger partial charge in [-0.25, -0.2) is 0 Å². The average Bonchev–Trinajstić information content (AvgIpc) is 2.14. The Morgan fingerprint density at radius 2 is 2.38 bits per heavy atom. The molecule has 1 heterocycles. The smallest absolute Gasteiger partial charge is 0.305 e. The van der Waals surface area contributed by atoms with Crippen LogP contribution in [0.15, 0.2) is 18.5 Å². The number of carbonyl (C=O) groups is 1. The van der Waals surface area contributed by atoms with Gasteiger partial charge >= 0.3 is 5.97 Å². The number of hydrogen-bond acceptors (Lipinski definition) is 3. The third kappa shape index (κ3) is 3.42. The Kier molecular flexibility index (Phi) is 3.71. The lowest BCUT2D eigenvalue weighted by Crippen LogP contribution is -2.01. The average molecular weight is 200 g/mol. The van der Waals surface area contributed by atoms with Gasteiger partial charge < -0.3 is 4.74 Å². The summed E-state index contributed by atoms with van der Waals surface area (Å²) in [6.45, 7) is 0. The second-order valence-electron chi connectivity index (χ2n) is 2.59. The number of nitrogens with zero attached hydrogens (tertiary/aromatic N) is 1. The number of hydrogen-bond donors (Lipinski definition) is 0. The second-order valence-corrected chi connectivity index (χ2v) is 3.02. The van der Waals surface area contributed by atoms with Crippen LogP contribution < -0.4 is 0 Å². The van der Waals surface area contributed by atoms with Crippen LogP contribution in [0.4, 0.5) is 0 Å². The molecule has 3 nitrogen and oxygen atoms in total. The highest BCUT2D eigenvalue weighted by Gasteiger charge is 2.01. The lowest BCUT2D eigenvalue weighted by Gasteiger charge is -1.99. The maximum absolute atomic E-state index is 10.8. The molecular weight excluding hydrogens is 190 g/mol. The lowest BCUT2D eigenvalue weighted by atomic mass is 10.2. The van der Waals surface area contributed by atoms with E-state index in [4.69, 9.17) is 11.6 Å². The molecule has 0 atom stereocenters. The number of aromatic nitrogens is 1. The minimum absolute atomic E-state index is 0.222. The zero-order valence-corrected chi connectivity index (χ0v) is 8.04. The molecule has 0 N–H and O–H groups in total. The third-order valence-corrected chi connectivity index (χ3v) is 1.81. The van der Waals surface area contributed by atoms with Gasteiger partial charge in [0.25, 0.3) is 0 Å². The standard InChI is InChI=1S/C9H10ClNO2/c1-13-9(12)3-2-7-4-8(10)6-11-5-7/h4-6H,2-3H2,1H3. The maximum atomic E-state index is 10.8. The first-order chi connectivity index (χ1) is 6.22. The van der Waals surface area contributed by atoms with Crippen molar-refractivity contribution in [1.82, 2.24) is 4.98 Å². The van der Waals surface area contributed by atoms with Crippen molar-refractivity contribution in [3.8, 4) is 0 Å². The highest BCUT2D eigenvalue weighted by Crippen LogP contribution is 2.10. The van der Waals surface area contributed by atoms with Crippen molar-refractivity contribution in [3.63, 3.8) is 0 Å². The van der Waals surface area contributed by atoms with Gasteiger partial charge in [-0.2, -0.15) is 0 Å². The van der Waals surface area contributed by atoms with E-state index < -0.39 is 0 Å². The van der Waals surface area contributed by atoms with E-state index in [1.54, 1.807) is 18.5 Å². The minimum atomic E-state index is -0.222. The van der Waals surface area contributed by atoms with Crippen molar-refractivity contribution in [2.24, 2.45) is 0 Å². The van der Waals surface area contributed by atoms with E-state index in [9.17, 15) is 4.79 Å². The Bertz CT molecular complexity index is 301. The van der Waals surface area contributed by atoms with Crippen LogP contribution in [0.2, 0.25) is 5.02 Å². The fourth-order valence-corrected chi connectivity index (χ4v) is 1.14. The van der Waals surface area contributed by atoms with Crippen molar-refractivity contribution in [1.29, 1.82) is 0 Å². The summed E-state index contributed by atoms with van der Waals surface area (Å²) in [7, 11) is 1.37. The van der Waals surface area contributed by atoms with E-state index in [1.807, 2.05) is 0 Å². The van der Waals surface area contributed by atoms with Crippen molar-refractivity contribution in [3.05, 3.63) is 29.0 Å². The van der Waals surface area contributed by atoms with E-state index in [0.717, 1.165) is 5.56 Å². The monoisotopic (exact) mass is 199 g/mol. The summed E-state index contributed by atoms with van der Waals surface area (Å²) in [5.41, 5.74) is 0.943. The van der Waals surface area contributed by atoms with Gasteiger partial charge in [0, 0.05) is 18.8 Å². The number of aryl methyl sites for hydroxylation is 1. The first-order valence-electron chi connectivity index (χ1n) is 3.88. The van der Waals surface area contributed by atoms with Gasteiger partial charge in [0.1, 0.15) is 0 Å². The van der Waals surface area contributed by atoms with E-state index in [0.29, 0.717) is 17.9 Å². The molecule has 0 aliphatic carbocycles. The molecule has 4 heteroatoms. The zero-order chi connectivity index (χ0) is 9.68. The summed E-state index contributed by atoms with van der Waals surface area (Å²) in [5, 5.41) is 0.586. The fourth-order valence-electron chi connectivity index (χ4n) is 0.941. The summed E-state index contributed by atoms with van der Waals surface area (Å²) in [4.78, 5) is 14.7. The molecule has 13 heavy (non-hydrogen) atoms. The summed E-state index contributed by atoms with van der Waals surface area (Å²) in [5.74, 6) is -0.222. The molecule has 1 aromatic rings. The van der Waals surface area contributed by atoms with Crippen molar-refractivity contribution in [2.45, 2.75) is 12.8 Å². The number of methoxy groups -OCH3 is 1. The van der Waals surface area contributed by atoms with Crippen molar-refractivity contribution in [2.75, 3.05) is 7.11 Å². The molecule has 0 fully saturated rings. The maximum Gasteiger partial charge on any atom is 0.305 e. The van der Waals surface area contributed by atoms with Crippen LogP contribution in [-0.2, 0) is 16.0 Å². The van der Waals surface area contributed by atoms with E-state index in [2.05, 4.69) is 9.72 Å². The van der Waals surface area contributed by atoms with Crippen molar-refractivity contribution < 1.29 is 9.53 Å². The zero-order valence-electron chi connectivity index (χ0n) is 7.29. The van der Waals surface area contributed by atoms with Gasteiger partial charge in [-0.05, 0) is 18.1 Å². The Labute approximate surface area is 81.7 Å². The molecule has 70 valence electrons. The summed E-state index contributed by atoms with van der Waals surface area (Å²) in [6.07, 6.45) is 4.22. The van der Waals surface area contributed by atoms with Crippen molar-refractivity contribution >= 4 is 17.6 Å². The van der Waals surface area contributed by atoms with Crippen LogP contribution in [0.1, 0.15) is 12.0 Å². The molecule has 0 saturated heterocycles. The first kappa shape index (κ1) is 9.99. The molecule has 0 aromatic carbocycles. The number of esters is 1. The Morgan fingerprint density at radius 1 is 1.62 bits per heavy atom. The third-order valence-electron chi connectivity index (χ3n) is 1.61. The van der Waals surface area contributed by atoms with E-state index in [-0.39, 0.29) is 5.97 Å². The van der Waals surface area contributed by atoms with E-state index >= 15 is 0 Å². The lowest BCUT2D eigenvalue weighted by molar-refractivity contribution is -0.140. The summed E-state index contributed by atoms with van der Waals surface area (Å²) in [6, 6.07) is 1.79. The Hall–Kier alpha value is -1.09. The molecule has 1 rings (SSSR count). The molecule has 1 aromatic heterocycles. The van der Waals surface area contributed by atoms with Crippen LogP contribution in [-0.4, -0.2) is 18.1 Å². The SMILES string of the molecule is COC(=O)CCc1cncc(Cl)c1. The van der Waals surface area contributed by atoms with Crippen LogP contribution in [0.25, 0.3) is 0 Å².